The van der Waals surface area contributed by atoms with Gasteiger partial charge in [0.2, 0.25) is 0 Å². The number of thioether (sulfide) groups is 1. The number of ether oxygens (including phenoxy) is 1. The van der Waals surface area contributed by atoms with Crippen LogP contribution in [0.4, 0.5) is 11.4 Å². The fraction of sp³-hybridized carbons (Fsp3) is 0.304. The highest BCUT2D eigenvalue weighted by atomic mass is 32.2. The highest BCUT2D eigenvalue weighted by Gasteiger charge is 2.24. The second kappa shape index (κ2) is 9.18. The third kappa shape index (κ3) is 4.82. The molecule has 1 amide bonds. The molecule has 1 fully saturated rings. The van der Waals surface area contributed by atoms with Crippen LogP contribution in [0.1, 0.15) is 30.5 Å². The number of nitrogens with zero attached hydrogens (tertiary/aromatic N) is 2. The zero-order valence-electron chi connectivity index (χ0n) is 17.6. The Bertz CT molecular complexity index is 978. The molecule has 2 aromatic rings. The Kier molecular flexibility index (Phi) is 6.64. The van der Waals surface area contributed by atoms with Crippen molar-refractivity contribution in [3.63, 3.8) is 0 Å². The first-order valence-corrected chi connectivity index (χ1v) is 10.6. The number of hydrogen-bond donors (Lipinski definition) is 1. The van der Waals surface area contributed by atoms with E-state index in [2.05, 4.69) is 48.1 Å². The van der Waals surface area contributed by atoms with Crippen LogP contribution in [0.15, 0.2) is 46.3 Å². The molecule has 1 heterocycles. The van der Waals surface area contributed by atoms with Gasteiger partial charge in [-0.25, -0.2) is 4.99 Å². The molecule has 3 rings (SSSR count). The number of hydrogen-bond acceptors (Lipinski definition) is 5. The smallest absolute Gasteiger partial charge is 0.264 e. The number of aryl methyl sites for hydroxylation is 2. The number of rotatable bonds is 6. The normalized spacial score (nSPS) is 16.4. The largest absolute Gasteiger partial charge is 0.496 e. The van der Waals surface area contributed by atoms with Crippen LogP contribution >= 0.6 is 11.8 Å². The van der Waals surface area contributed by atoms with E-state index in [1.54, 1.807) is 7.11 Å². The van der Waals surface area contributed by atoms with Crippen LogP contribution < -0.4 is 15.0 Å². The minimum atomic E-state index is -0.145. The van der Waals surface area contributed by atoms with Crippen molar-refractivity contribution in [1.29, 1.82) is 0 Å². The number of carbonyl (C=O) groups excluding carboxylic acids is 1. The SMILES string of the molecule is CCN(CC)c1ccc(/C=C2\SC(=Nc3ccc(C)cc3C)NC2=O)c(OC)c1. The van der Waals surface area contributed by atoms with Crippen molar-refractivity contribution in [2.75, 3.05) is 25.1 Å². The summed E-state index contributed by atoms with van der Waals surface area (Å²) in [6.07, 6.45) is 1.86. The number of aliphatic imine (C=N–C) groups is 1. The third-order valence-corrected chi connectivity index (χ3v) is 5.77. The van der Waals surface area contributed by atoms with Crippen molar-refractivity contribution >= 4 is 40.3 Å². The highest BCUT2D eigenvalue weighted by Crippen LogP contribution is 2.33. The lowest BCUT2D eigenvalue weighted by Crippen LogP contribution is -2.21. The van der Waals surface area contributed by atoms with Crippen LogP contribution in [0.5, 0.6) is 5.75 Å². The third-order valence-electron chi connectivity index (χ3n) is 4.86. The standard InChI is InChI=1S/C23H27N3O2S/c1-6-26(7-2)18-10-9-17(20(14-18)28-5)13-21-22(27)25-23(29-21)24-19-11-8-15(3)12-16(19)4/h8-14H,6-7H2,1-5H3,(H,24,25,27)/b21-13-. The lowest BCUT2D eigenvalue weighted by atomic mass is 10.1. The predicted octanol–water partition coefficient (Wildman–Crippen LogP) is 5.05. The minimum Gasteiger partial charge on any atom is -0.496 e. The molecule has 1 saturated heterocycles. The summed E-state index contributed by atoms with van der Waals surface area (Å²) in [5.41, 5.74) is 5.11. The summed E-state index contributed by atoms with van der Waals surface area (Å²) in [4.78, 5) is 19.9. The van der Waals surface area contributed by atoms with E-state index in [1.807, 2.05) is 37.3 Å². The number of anilines is 1. The second-order valence-electron chi connectivity index (χ2n) is 6.87. The van der Waals surface area contributed by atoms with Crippen molar-refractivity contribution < 1.29 is 9.53 Å². The van der Waals surface area contributed by atoms with Gasteiger partial charge in [-0.15, -0.1) is 0 Å². The van der Waals surface area contributed by atoms with E-state index in [0.717, 1.165) is 41.3 Å². The first-order valence-electron chi connectivity index (χ1n) is 9.75. The van der Waals surface area contributed by atoms with E-state index in [1.165, 1.54) is 17.3 Å². The molecule has 0 unspecified atom stereocenters. The second-order valence-corrected chi connectivity index (χ2v) is 7.90. The van der Waals surface area contributed by atoms with Crippen LogP contribution in [0.2, 0.25) is 0 Å². The summed E-state index contributed by atoms with van der Waals surface area (Å²) in [6.45, 7) is 10.2. The van der Waals surface area contributed by atoms with Gasteiger partial charge in [0.1, 0.15) is 5.75 Å². The molecular formula is C23H27N3O2S. The van der Waals surface area contributed by atoms with Crippen LogP contribution in [-0.4, -0.2) is 31.3 Å². The fourth-order valence-electron chi connectivity index (χ4n) is 3.27. The summed E-state index contributed by atoms with van der Waals surface area (Å²) in [5, 5.41) is 3.45. The first-order chi connectivity index (χ1) is 13.9. The summed E-state index contributed by atoms with van der Waals surface area (Å²) in [7, 11) is 1.65. The zero-order valence-corrected chi connectivity index (χ0v) is 18.4. The molecule has 0 radical (unpaired) electrons. The monoisotopic (exact) mass is 409 g/mol. The number of nitrogens with one attached hydrogen (secondary N) is 1. The van der Waals surface area contributed by atoms with Crippen molar-refractivity contribution in [3.8, 4) is 5.75 Å². The fourth-order valence-corrected chi connectivity index (χ4v) is 4.09. The number of amidine groups is 1. The van der Waals surface area contributed by atoms with Crippen LogP contribution in [0.3, 0.4) is 0 Å². The van der Waals surface area contributed by atoms with Crippen molar-refractivity contribution in [2.45, 2.75) is 27.7 Å². The van der Waals surface area contributed by atoms with Crippen molar-refractivity contribution in [2.24, 2.45) is 4.99 Å². The molecule has 0 spiro atoms. The van der Waals surface area contributed by atoms with E-state index in [-0.39, 0.29) is 5.91 Å². The molecule has 5 nitrogen and oxygen atoms in total. The Morgan fingerprint density at radius 1 is 1.14 bits per heavy atom. The molecule has 0 aliphatic carbocycles. The predicted molar refractivity (Wildman–Crippen MR) is 123 cm³/mol. The number of methoxy groups -OCH3 is 1. The topological polar surface area (TPSA) is 53.9 Å². The lowest BCUT2D eigenvalue weighted by Gasteiger charge is -2.22. The van der Waals surface area contributed by atoms with E-state index in [9.17, 15) is 4.79 Å². The van der Waals surface area contributed by atoms with E-state index < -0.39 is 0 Å². The summed E-state index contributed by atoms with van der Waals surface area (Å²) >= 11 is 1.34. The quantitative estimate of drug-likeness (QED) is 0.679. The Morgan fingerprint density at radius 3 is 2.55 bits per heavy atom. The van der Waals surface area contributed by atoms with Gasteiger partial charge in [0, 0.05) is 30.4 Å². The Balaban J connectivity index is 1.87. The molecule has 0 bridgehead atoms. The molecule has 152 valence electrons. The maximum absolute atomic E-state index is 12.5. The summed E-state index contributed by atoms with van der Waals surface area (Å²) in [6, 6.07) is 12.1. The average Bonchev–Trinajstić information content (AvgIpc) is 3.05. The average molecular weight is 410 g/mol. The van der Waals surface area contributed by atoms with Gasteiger partial charge in [-0.3, -0.25) is 4.79 Å². The molecule has 1 aliphatic heterocycles. The number of amides is 1. The van der Waals surface area contributed by atoms with Crippen molar-refractivity contribution in [1.82, 2.24) is 5.32 Å². The molecule has 1 N–H and O–H groups in total. The Labute approximate surface area is 176 Å². The van der Waals surface area contributed by atoms with Crippen LogP contribution in [0.25, 0.3) is 6.08 Å². The van der Waals surface area contributed by atoms with Gasteiger partial charge in [-0.2, -0.15) is 0 Å². The van der Waals surface area contributed by atoms with Crippen molar-refractivity contribution in [3.05, 3.63) is 58.0 Å². The summed E-state index contributed by atoms with van der Waals surface area (Å²) in [5.74, 6) is 0.600. The van der Waals surface area contributed by atoms with Gasteiger partial charge >= 0.3 is 0 Å². The van der Waals surface area contributed by atoms with Gasteiger partial charge in [-0.1, -0.05) is 17.7 Å². The summed E-state index contributed by atoms with van der Waals surface area (Å²) < 4.78 is 5.58. The van der Waals surface area contributed by atoms with E-state index in [0.29, 0.717) is 10.1 Å². The van der Waals surface area contributed by atoms with E-state index >= 15 is 0 Å². The maximum atomic E-state index is 12.5. The molecule has 6 heteroatoms. The van der Waals surface area contributed by atoms with Gasteiger partial charge in [-0.05, 0) is 69.3 Å². The highest BCUT2D eigenvalue weighted by molar-refractivity contribution is 8.18. The van der Waals surface area contributed by atoms with Crippen LogP contribution in [-0.2, 0) is 4.79 Å². The molecule has 1 aliphatic rings. The van der Waals surface area contributed by atoms with E-state index in [4.69, 9.17) is 4.74 Å². The molecule has 0 saturated carbocycles. The van der Waals surface area contributed by atoms with Gasteiger partial charge in [0.05, 0.1) is 17.7 Å². The Hall–Kier alpha value is -2.73. The Morgan fingerprint density at radius 2 is 1.90 bits per heavy atom. The zero-order chi connectivity index (χ0) is 21.0. The molecule has 2 aromatic carbocycles. The molecular weight excluding hydrogens is 382 g/mol. The van der Waals surface area contributed by atoms with Gasteiger partial charge < -0.3 is 15.0 Å². The van der Waals surface area contributed by atoms with Crippen LogP contribution in [0, 0.1) is 13.8 Å². The van der Waals surface area contributed by atoms with Gasteiger partial charge in [0.25, 0.3) is 5.91 Å². The molecule has 0 aromatic heterocycles. The molecule has 0 atom stereocenters. The number of benzene rings is 2. The van der Waals surface area contributed by atoms with Gasteiger partial charge in [0.15, 0.2) is 5.17 Å². The number of carbonyl (C=O) groups is 1. The lowest BCUT2D eigenvalue weighted by molar-refractivity contribution is -0.115. The minimum absolute atomic E-state index is 0.145. The first kappa shape index (κ1) is 21.0. The molecule has 29 heavy (non-hydrogen) atoms. The maximum Gasteiger partial charge on any atom is 0.264 e.